The topological polar surface area (TPSA) is 81.1 Å². The van der Waals surface area contributed by atoms with Crippen LogP contribution in [0.25, 0.3) is 5.69 Å². The summed E-state index contributed by atoms with van der Waals surface area (Å²) in [5.74, 6) is -1.02. The van der Waals surface area contributed by atoms with Gasteiger partial charge in [-0.15, -0.1) is 0 Å². The smallest absolute Gasteiger partial charge is 0.341 e. The summed E-state index contributed by atoms with van der Waals surface area (Å²) in [4.78, 5) is 10.8. The van der Waals surface area contributed by atoms with Gasteiger partial charge in [0.05, 0.1) is 11.9 Å². The Bertz CT molecular complexity index is 592. The van der Waals surface area contributed by atoms with Crippen molar-refractivity contribution >= 4 is 23.4 Å². The van der Waals surface area contributed by atoms with E-state index in [0.717, 1.165) is 5.56 Å². The zero-order valence-corrected chi connectivity index (χ0v) is 9.77. The Hall–Kier alpha value is -2.01. The van der Waals surface area contributed by atoms with Gasteiger partial charge in [-0.05, 0) is 24.6 Å². The molecule has 5 nitrogen and oxygen atoms in total. The fourth-order valence-electron chi connectivity index (χ4n) is 1.44. The molecule has 17 heavy (non-hydrogen) atoms. The summed E-state index contributed by atoms with van der Waals surface area (Å²) in [5, 5.41) is 13.4. The zero-order valence-electron chi connectivity index (χ0n) is 9.01. The van der Waals surface area contributed by atoms with Gasteiger partial charge in [0.25, 0.3) is 0 Å². The molecule has 2 aromatic rings. The number of halogens is 1. The number of carbonyl (C=O) groups is 1. The van der Waals surface area contributed by atoms with Crippen molar-refractivity contribution in [2.24, 2.45) is 0 Å². The number of carboxylic acids is 1. The van der Waals surface area contributed by atoms with Crippen LogP contribution in [0.4, 0.5) is 5.82 Å². The molecule has 1 aromatic heterocycles. The first-order chi connectivity index (χ1) is 8.00. The highest BCUT2D eigenvalue weighted by atomic mass is 35.5. The van der Waals surface area contributed by atoms with E-state index in [1.54, 1.807) is 12.1 Å². The van der Waals surface area contributed by atoms with E-state index in [9.17, 15) is 4.79 Å². The molecule has 0 spiro atoms. The van der Waals surface area contributed by atoms with Gasteiger partial charge in [0.1, 0.15) is 11.4 Å². The van der Waals surface area contributed by atoms with E-state index in [-0.39, 0.29) is 11.4 Å². The highest BCUT2D eigenvalue weighted by molar-refractivity contribution is 6.31. The van der Waals surface area contributed by atoms with Crippen LogP contribution in [0.2, 0.25) is 5.02 Å². The van der Waals surface area contributed by atoms with E-state index in [2.05, 4.69) is 5.10 Å². The number of rotatable bonds is 2. The molecule has 0 amide bonds. The monoisotopic (exact) mass is 251 g/mol. The maximum atomic E-state index is 10.8. The lowest BCUT2D eigenvalue weighted by atomic mass is 10.2. The molecular weight excluding hydrogens is 242 g/mol. The second-order valence-corrected chi connectivity index (χ2v) is 4.00. The molecule has 0 aliphatic heterocycles. The second kappa shape index (κ2) is 4.10. The summed E-state index contributed by atoms with van der Waals surface area (Å²) in [6.45, 7) is 1.88. The van der Waals surface area contributed by atoms with Crippen LogP contribution < -0.4 is 5.73 Å². The largest absolute Gasteiger partial charge is 0.477 e. The summed E-state index contributed by atoms with van der Waals surface area (Å²) in [6, 6.07) is 5.28. The van der Waals surface area contributed by atoms with Crippen LogP contribution in [0, 0.1) is 6.92 Å². The maximum absolute atomic E-state index is 10.8. The first kappa shape index (κ1) is 11.5. The van der Waals surface area contributed by atoms with Crippen molar-refractivity contribution in [3.63, 3.8) is 0 Å². The van der Waals surface area contributed by atoms with Crippen LogP contribution in [0.1, 0.15) is 15.9 Å². The first-order valence-corrected chi connectivity index (χ1v) is 5.22. The number of aryl methyl sites for hydroxylation is 1. The standard InChI is InChI=1S/C11H10ClN3O2/c1-6-2-3-7(4-9(6)12)15-10(13)8(5-14-15)11(16)17/h2-5H,13H2,1H3,(H,16,17). The van der Waals surface area contributed by atoms with E-state index >= 15 is 0 Å². The molecule has 0 unspecified atom stereocenters. The Labute approximate surface area is 102 Å². The summed E-state index contributed by atoms with van der Waals surface area (Å²) in [6.07, 6.45) is 1.21. The van der Waals surface area contributed by atoms with Gasteiger partial charge >= 0.3 is 5.97 Å². The van der Waals surface area contributed by atoms with Crippen LogP contribution >= 0.6 is 11.6 Å². The number of aromatic nitrogens is 2. The number of benzene rings is 1. The van der Waals surface area contributed by atoms with E-state index in [1.165, 1.54) is 10.9 Å². The molecule has 1 heterocycles. The molecule has 3 N–H and O–H groups in total. The van der Waals surface area contributed by atoms with Crippen molar-refractivity contribution in [1.82, 2.24) is 9.78 Å². The van der Waals surface area contributed by atoms with Crippen molar-refractivity contribution < 1.29 is 9.90 Å². The Morgan fingerprint density at radius 2 is 2.24 bits per heavy atom. The number of nitrogen functional groups attached to an aromatic ring is 1. The first-order valence-electron chi connectivity index (χ1n) is 4.84. The number of anilines is 1. The third-order valence-electron chi connectivity index (χ3n) is 2.44. The van der Waals surface area contributed by atoms with Gasteiger partial charge in [-0.2, -0.15) is 5.10 Å². The normalized spacial score (nSPS) is 10.5. The Kier molecular flexibility index (Phi) is 2.77. The fraction of sp³-hybridized carbons (Fsp3) is 0.0909. The Balaban J connectivity index is 2.53. The zero-order chi connectivity index (χ0) is 12.6. The van der Waals surface area contributed by atoms with Crippen molar-refractivity contribution in [3.8, 4) is 5.69 Å². The minimum Gasteiger partial charge on any atom is -0.477 e. The third-order valence-corrected chi connectivity index (χ3v) is 2.84. The van der Waals surface area contributed by atoms with Crippen LogP contribution in [0.15, 0.2) is 24.4 Å². The molecule has 6 heteroatoms. The molecule has 0 radical (unpaired) electrons. The van der Waals surface area contributed by atoms with Crippen molar-refractivity contribution in [2.45, 2.75) is 6.92 Å². The Morgan fingerprint density at radius 3 is 2.76 bits per heavy atom. The minimum atomic E-state index is -1.10. The van der Waals surface area contributed by atoms with Crippen LogP contribution in [0.5, 0.6) is 0 Å². The summed E-state index contributed by atoms with van der Waals surface area (Å²) in [5.41, 5.74) is 7.24. The molecule has 0 fully saturated rings. The van der Waals surface area contributed by atoms with Crippen LogP contribution in [-0.2, 0) is 0 Å². The molecule has 0 atom stereocenters. The predicted molar refractivity (Wildman–Crippen MR) is 64.7 cm³/mol. The lowest BCUT2D eigenvalue weighted by Gasteiger charge is -2.06. The van der Waals surface area contributed by atoms with Crippen LogP contribution in [0.3, 0.4) is 0 Å². The van der Waals surface area contributed by atoms with E-state index in [1.807, 2.05) is 13.0 Å². The van der Waals surface area contributed by atoms with Crippen molar-refractivity contribution in [3.05, 3.63) is 40.5 Å². The third kappa shape index (κ3) is 1.97. The van der Waals surface area contributed by atoms with Crippen LogP contribution in [-0.4, -0.2) is 20.9 Å². The molecule has 88 valence electrons. The lowest BCUT2D eigenvalue weighted by molar-refractivity contribution is 0.0698. The number of hydrogen-bond acceptors (Lipinski definition) is 3. The average molecular weight is 252 g/mol. The molecule has 0 saturated heterocycles. The molecular formula is C11H10ClN3O2. The van der Waals surface area contributed by atoms with E-state index < -0.39 is 5.97 Å². The predicted octanol–water partition coefficient (Wildman–Crippen LogP) is 2.11. The Morgan fingerprint density at radius 1 is 1.53 bits per heavy atom. The summed E-state index contributed by atoms with van der Waals surface area (Å²) < 4.78 is 1.34. The molecule has 0 bridgehead atoms. The molecule has 1 aromatic carbocycles. The van der Waals surface area contributed by atoms with Crippen molar-refractivity contribution in [2.75, 3.05) is 5.73 Å². The van der Waals surface area contributed by atoms with Gasteiger partial charge in [0, 0.05) is 5.02 Å². The SMILES string of the molecule is Cc1ccc(-n2ncc(C(=O)O)c2N)cc1Cl. The highest BCUT2D eigenvalue weighted by Crippen LogP contribution is 2.22. The maximum Gasteiger partial charge on any atom is 0.341 e. The quantitative estimate of drug-likeness (QED) is 0.857. The second-order valence-electron chi connectivity index (χ2n) is 3.59. The van der Waals surface area contributed by atoms with Gasteiger partial charge in [0.15, 0.2) is 0 Å². The number of nitrogens with two attached hydrogens (primary N) is 1. The molecule has 0 aliphatic rings. The van der Waals surface area contributed by atoms with E-state index in [0.29, 0.717) is 10.7 Å². The number of aromatic carboxylic acids is 1. The van der Waals surface area contributed by atoms with Gasteiger partial charge in [-0.3, -0.25) is 0 Å². The minimum absolute atomic E-state index is 0.0262. The number of carboxylic acid groups (broad SMARTS) is 1. The molecule has 0 aliphatic carbocycles. The lowest BCUT2D eigenvalue weighted by Crippen LogP contribution is -2.05. The van der Waals surface area contributed by atoms with E-state index in [4.69, 9.17) is 22.4 Å². The molecule has 0 saturated carbocycles. The van der Waals surface area contributed by atoms with Gasteiger partial charge in [0.2, 0.25) is 0 Å². The van der Waals surface area contributed by atoms with Gasteiger partial charge in [-0.1, -0.05) is 17.7 Å². The van der Waals surface area contributed by atoms with Gasteiger partial charge < -0.3 is 10.8 Å². The fourth-order valence-corrected chi connectivity index (χ4v) is 1.62. The van der Waals surface area contributed by atoms with Crippen molar-refractivity contribution in [1.29, 1.82) is 0 Å². The summed E-state index contributed by atoms with van der Waals surface area (Å²) >= 11 is 5.99. The number of nitrogens with zero attached hydrogens (tertiary/aromatic N) is 2. The van der Waals surface area contributed by atoms with Gasteiger partial charge in [-0.25, -0.2) is 9.48 Å². The average Bonchev–Trinajstić information content (AvgIpc) is 2.64. The molecule has 2 rings (SSSR count). The number of hydrogen-bond donors (Lipinski definition) is 2. The highest BCUT2D eigenvalue weighted by Gasteiger charge is 2.15. The summed E-state index contributed by atoms with van der Waals surface area (Å²) in [7, 11) is 0.